The summed E-state index contributed by atoms with van der Waals surface area (Å²) in [6, 6.07) is 5.60. The van der Waals surface area contributed by atoms with Crippen LogP contribution in [0.15, 0.2) is 24.4 Å². The molecule has 204 valence electrons. The van der Waals surface area contributed by atoms with Crippen LogP contribution in [0.1, 0.15) is 69.7 Å². The fourth-order valence-corrected chi connectivity index (χ4v) is 5.28. The van der Waals surface area contributed by atoms with Crippen molar-refractivity contribution in [2.24, 2.45) is 5.92 Å². The molecule has 10 heteroatoms. The van der Waals surface area contributed by atoms with Crippen molar-refractivity contribution in [2.45, 2.75) is 78.1 Å². The van der Waals surface area contributed by atoms with E-state index in [1.54, 1.807) is 7.11 Å². The fourth-order valence-electron chi connectivity index (χ4n) is 5.28. The van der Waals surface area contributed by atoms with E-state index in [-0.39, 0.29) is 43.4 Å². The summed E-state index contributed by atoms with van der Waals surface area (Å²) < 4.78 is 47.0. The molecule has 4 rings (SSSR count). The second-order valence-electron chi connectivity index (χ2n) is 9.75. The van der Waals surface area contributed by atoms with Crippen LogP contribution in [0.4, 0.5) is 24.8 Å². The average Bonchev–Trinajstić information content (AvgIpc) is 3.33. The molecule has 37 heavy (non-hydrogen) atoms. The smallest absolute Gasteiger partial charge is 0.419 e. The Labute approximate surface area is 217 Å². The minimum atomic E-state index is -4.57. The van der Waals surface area contributed by atoms with Gasteiger partial charge < -0.3 is 15.4 Å². The molecular formula is C27H38F3N5O2. The number of carbonyl (C=O) groups is 1. The number of ether oxygens (including phenoxy) is 1. The lowest BCUT2D eigenvalue weighted by atomic mass is 9.81. The van der Waals surface area contributed by atoms with E-state index < -0.39 is 11.7 Å². The van der Waals surface area contributed by atoms with Crippen LogP contribution in [0.5, 0.6) is 5.75 Å². The first kappa shape index (κ1) is 28.7. The number of hydrogen-bond acceptors (Lipinski definition) is 6. The second-order valence-corrected chi connectivity index (χ2v) is 9.75. The molecule has 7 nitrogen and oxygen atoms in total. The van der Waals surface area contributed by atoms with E-state index in [2.05, 4.69) is 25.5 Å². The van der Waals surface area contributed by atoms with Gasteiger partial charge in [0.2, 0.25) is 11.9 Å². The largest absolute Gasteiger partial charge is 0.495 e. The molecule has 2 N–H and O–H groups in total. The summed E-state index contributed by atoms with van der Waals surface area (Å²) in [6.45, 7) is 4.42. The van der Waals surface area contributed by atoms with E-state index >= 15 is 0 Å². The Bertz CT molecular complexity index is 1060. The molecule has 1 aliphatic heterocycles. The third-order valence-corrected chi connectivity index (χ3v) is 7.04. The molecule has 0 unspecified atom stereocenters. The Kier molecular flexibility index (Phi) is 9.75. The highest BCUT2D eigenvalue weighted by molar-refractivity contribution is 5.73. The number of halogens is 3. The summed E-state index contributed by atoms with van der Waals surface area (Å²) in [7, 11) is 1.56. The Hall–Kier alpha value is -2.88. The summed E-state index contributed by atoms with van der Waals surface area (Å²) in [5, 5.41) is 5.96. The van der Waals surface area contributed by atoms with Crippen molar-refractivity contribution in [3.8, 4) is 5.75 Å². The maximum absolute atomic E-state index is 13.8. The number of hydrogen-bond donors (Lipinski definition) is 2. The first-order chi connectivity index (χ1) is 17.2. The van der Waals surface area contributed by atoms with Crippen LogP contribution in [0.2, 0.25) is 0 Å². The molecule has 2 aromatic rings. The zero-order valence-corrected chi connectivity index (χ0v) is 20.8. The first-order valence-electron chi connectivity index (χ1n) is 12.6. The van der Waals surface area contributed by atoms with E-state index in [0.717, 1.165) is 57.1 Å². The van der Waals surface area contributed by atoms with E-state index in [9.17, 15) is 18.0 Å². The van der Waals surface area contributed by atoms with Crippen LogP contribution in [-0.4, -0.2) is 47.0 Å². The van der Waals surface area contributed by atoms with Gasteiger partial charge in [-0.05, 0) is 68.8 Å². The van der Waals surface area contributed by atoms with Gasteiger partial charge in [0.15, 0.2) is 0 Å². The van der Waals surface area contributed by atoms with E-state index in [0.29, 0.717) is 11.4 Å². The molecule has 2 fully saturated rings. The van der Waals surface area contributed by atoms with Gasteiger partial charge in [0.05, 0.1) is 24.1 Å². The molecule has 0 radical (unpaired) electrons. The number of amides is 1. The van der Waals surface area contributed by atoms with Crippen LogP contribution in [-0.2, 0) is 23.9 Å². The Morgan fingerprint density at radius 2 is 1.89 bits per heavy atom. The van der Waals surface area contributed by atoms with Gasteiger partial charge in [-0.25, -0.2) is 9.97 Å². The number of rotatable bonds is 8. The van der Waals surface area contributed by atoms with Crippen LogP contribution in [0.3, 0.4) is 0 Å². The molecule has 1 aromatic heterocycles. The van der Waals surface area contributed by atoms with E-state index in [1.807, 2.05) is 18.2 Å². The Morgan fingerprint density at radius 1 is 1.16 bits per heavy atom. The molecule has 0 bridgehead atoms. The number of anilines is 2. The highest BCUT2D eigenvalue weighted by atomic mass is 19.4. The number of alkyl halides is 3. The van der Waals surface area contributed by atoms with Crippen molar-refractivity contribution in [1.82, 2.24) is 20.2 Å². The number of nitrogens with one attached hydrogen (secondary N) is 2. The molecule has 2 heterocycles. The highest BCUT2D eigenvalue weighted by Gasteiger charge is 2.37. The van der Waals surface area contributed by atoms with E-state index in [4.69, 9.17) is 4.74 Å². The Balaban J connectivity index is 0.00000380. The zero-order chi connectivity index (χ0) is 25.7. The predicted molar refractivity (Wildman–Crippen MR) is 138 cm³/mol. The molecular weight excluding hydrogens is 483 g/mol. The van der Waals surface area contributed by atoms with Gasteiger partial charge >= 0.3 is 6.18 Å². The molecule has 2 aliphatic rings. The number of nitrogens with zero attached hydrogens (tertiary/aromatic N) is 3. The first-order valence-corrected chi connectivity index (χ1v) is 12.6. The number of benzene rings is 1. The number of likely N-dealkylation sites (tertiary alicyclic amines) is 1. The lowest BCUT2D eigenvalue weighted by Gasteiger charge is -2.32. The van der Waals surface area contributed by atoms with Crippen molar-refractivity contribution in [2.75, 3.05) is 25.5 Å². The molecule has 1 amide bonds. The van der Waals surface area contributed by atoms with Gasteiger partial charge in [0, 0.05) is 25.7 Å². The number of methoxy groups -OCH3 is 1. The summed E-state index contributed by atoms with van der Waals surface area (Å²) >= 11 is 0. The average molecular weight is 522 g/mol. The second kappa shape index (κ2) is 12.6. The maximum atomic E-state index is 13.8. The van der Waals surface area contributed by atoms with Crippen LogP contribution < -0.4 is 15.4 Å². The van der Waals surface area contributed by atoms with Crippen molar-refractivity contribution < 1.29 is 22.7 Å². The number of aromatic nitrogens is 2. The van der Waals surface area contributed by atoms with Gasteiger partial charge in [0.1, 0.15) is 5.75 Å². The molecule has 1 aromatic carbocycles. The van der Waals surface area contributed by atoms with Crippen molar-refractivity contribution >= 4 is 17.5 Å². The third-order valence-electron chi connectivity index (χ3n) is 7.04. The molecule has 0 spiro atoms. The van der Waals surface area contributed by atoms with Crippen LogP contribution in [0, 0.1) is 5.92 Å². The van der Waals surface area contributed by atoms with Crippen molar-refractivity contribution in [3.05, 3.63) is 41.2 Å². The lowest BCUT2D eigenvalue weighted by Crippen LogP contribution is -2.42. The summed E-state index contributed by atoms with van der Waals surface area (Å²) in [6.07, 6.45) is 2.15. The van der Waals surface area contributed by atoms with Crippen molar-refractivity contribution in [1.29, 1.82) is 0 Å². The molecule has 1 saturated carbocycles. The summed E-state index contributed by atoms with van der Waals surface area (Å²) in [5.41, 5.74) is 0.789. The van der Waals surface area contributed by atoms with Gasteiger partial charge in [-0.1, -0.05) is 26.3 Å². The van der Waals surface area contributed by atoms with Gasteiger partial charge in [-0.3, -0.25) is 9.69 Å². The molecule has 2 atom stereocenters. The summed E-state index contributed by atoms with van der Waals surface area (Å²) in [4.78, 5) is 22.3. The van der Waals surface area contributed by atoms with Crippen molar-refractivity contribution in [3.63, 3.8) is 0 Å². The van der Waals surface area contributed by atoms with Gasteiger partial charge in [-0.2, -0.15) is 13.2 Å². The standard InChI is InChI=1S/C26H34F3N5O2.CH4/c1-17(35)31-21-8-4-3-7-19(21)14-23-20(26(27,28)29)15-30-25(33-23)32-22-10-9-18(13-24(22)36-2)16-34-11-5-6-12-34;/h9-10,13,15,19,21H,3-8,11-12,14,16H2,1-2H3,(H,31,35)(H,30,32,33);1H4/t19-,21+;/m0./s1. The quantitative estimate of drug-likeness (QED) is 0.463. The summed E-state index contributed by atoms with van der Waals surface area (Å²) in [5.74, 6) is 0.365. The fraction of sp³-hybridized carbons (Fsp3) is 0.593. The highest BCUT2D eigenvalue weighted by Crippen LogP contribution is 2.36. The minimum Gasteiger partial charge on any atom is -0.495 e. The SMILES string of the molecule is C.COc1cc(CN2CCCC2)ccc1Nc1ncc(C(F)(F)F)c(C[C@@H]2CCCC[C@H]2NC(C)=O)n1. The molecule has 1 aliphatic carbocycles. The lowest BCUT2D eigenvalue weighted by molar-refractivity contribution is -0.139. The topological polar surface area (TPSA) is 79.4 Å². The number of carbonyl (C=O) groups excluding carboxylic acids is 1. The predicted octanol–water partition coefficient (Wildman–Crippen LogP) is 5.72. The third kappa shape index (κ3) is 7.56. The zero-order valence-electron chi connectivity index (χ0n) is 20.8. The minimum absolute atomic E-state index is 0. The normalized spacial score (nSPS) is 20.2. The van der Waals surface area contributed by atoms with Crippen LogP contribution in [0.25, 0.3) is 0 Å². The van der Waals surface area contributed by atoms with Gasteiger partial charge in [0.25, 0.3) is 0 Å². The maximum Gasteiger partial charge on any atom is 0.419 e. The van der Waals surface area contributed by atoms with Crippen LogP contribution >= 0.6 is 0 Å². The monoisotopic (exact) mass is 521 g/mol. The van der Waals surface area contributed by atoms with E-state index in [1.165, 1.54) is 19.8 Å². The Morgan fingerprint density at radius 3 is 2.57 bits per heavy atom. The van der Waals surface area contributed by atoms with Gasteiger partial charge in [-0.15, -0.1) is 0 Å². The molecule has 1 saturated heterocycles.